The van der Waals surface area contributed by atoms with E-state index in [2.05, 4.69) is 35.0 Å². The molecule has 0 radical (unpaired) electrons. The maximum atomic E-state index is 12.0. The molecule has 0 fully saturated rings. The number of rotatable bonds is 5. The lowest BCUT2D eigenvalue weighted by Crippen LogP contribution is -2.31. The number of hydrogen-bond donors (Lipinski definition) is 0. The van der Waals surface area contributed by atoms with Crippen LogP contribution in [0.5, 0.6) is 0 Å². The van der Waals surface area contributed by atoms with Gasteiger partial charge in [0, 0.05) is 24.0 Å². The van der Waals surface area contributed by atoms with E-state index < -0.39 is 0 Å². The zero-order valence-corrected chi connectivity index (χ0v) is 12.3. The molecule has 2 nitrogen and oxygen atoms in total. The average Bonchev–Trinajstić information content (AvgIpc) is 2.31. The molecule has 0 saturated heterocycles. The lowest BCUT2D eigenvalue weighted by atomic mass is 9.97. The van der Waals surface area contributed by atoms with Crippen LogP contribution in [0.1, 0.15) is 38.7 Å². The Morgan fingerprint density at radius 3 is 2.24 bits per heavy atom. The fraction of sp³-hybridized carbons (Fsp3) is 0.500. The molecule has 0 bridgehead atoms. The summed E-state index contributed by atoms with van der Waals surface area (Å²) < 4.78 is 1.07. The van der Waals surface area contributed by atoms with Gasteiger partial charge >= 0.3 is 0 Å². The van der Waals surface area contributed by atoms with E-state index in [0.29, 0.717) is 6.42 Å². The molecule has 1 amide bonds. The maximum absolute atomic E-state index is 12.0. The molecule has 0 N–H and O–H groups in total. The molecule has 0 heterocycles. The van der Waals surface area contributed by atoms with E-state index in [-0.39, 0.29) is 11.8 Å². The van der Waals surface area contributed by atoms with Gasteiger partial charge in [0.1, 0.15) is 0 Å². The normalized spacial score (nSPS) is 12.2. The van der Waals surface area contributed by atoms with Crippen molar-refractivity contribution in [3.8, 4) is 0 Å². The predicted octanol–water partition coefficient (Wildman–Crippen LogP) is 3.81. The van der Waals surface area contributed by atoms with E-state index in [9.17, 15) is 4.79 Å². The fourth-order valence-electron chi connectivity index (χ4n) is 1.88. The van der Waals surface area contributed by atoms with Gasteiger partial charge in [0.2, 0.25) is 5.91 Å². The summed E-state index contributed by atoms with van der Waals surface area (Å²) in [5.41, 5.74) is 1.22. The third kappa shape index (κ3) is 4.15. The Hall–Kier alpha value is -0.830. The smallest absolute Gasteiger partial charge is 0.223 e. The Bertz CT molecular complexity index is 357. The van der Waals surface area contributed by atoms with Gasteiger partial charge in [-0.3, -0.25) is 4.79 Å². The molecule has 94 valence electrons. The lowest BCUT2D eigenvalue weighted by Gasteiger charge is -2.21. The number of hydrogen-bond acceptors (Lipinski definition) is 1. The number of nitrogens with zero attached hydrogens (tertiary/aromatic N) is 1. The molecule has 3 heteroatoms. The van der Waals surface area contributed by atoms with Gasteiger partial charge in [-0.2, -0.15) is 0 Å². The van der Waals surface area contributed by atoms with Crippen molar-refractivity contribution in [2.24, 2.45) is 0 Å². The average molecular weight is 298 g/mol. The summed E-state index contributed by atoms with van der Waals surface area (Å²) in [6.07, 6.45) is 0.587. The van der Waals surface area contributed by atoms with Gasteiger partial charge < -0.3 is 4.90 Å². The van der Waals surface area contributed by atoms with E-state index in [1.807, 2.05) is 30.9 Å². The molecule has 0 aliphatic heterocycles. The van der Waals surface area contributed by atoms with Gasteiger partial charge in [-0.05, 0) is 37.5 Å². The minimum atomic E-state index is 0.241. The van der Waals surface area contributed by atoms with Crippen LogP contribution in [0.25, 0.3) is 0 Å². The van der Waals surface area contributed by atoms with Crippen molar-refractivity contribution in [3.05, 3.63) is 34.3 Å². The molecule has 0 aliphatic carbocycles. The van der Waals surface area contributed by atoms with Crippen LogP contribution < -0.4 is 0 Å². The largest absolute Gasteiger partial charge is 0.343 e. The molecule has 1 aromatic carbocycles. The highest BCUT2D eigenvalue weighted by Crippen LogP contribution is 2.22. The van der Waals surface area contributed by atoms with Gasteiger partial charge in [-0.15, -0.1) is 0 Å². The van der Waals surface area contributed by atoms with Crippen LogP contribution >= 0.6 is 15.9 Å². The van der Waals surface area contributed by atoms with Crippen molar-refractivity contribution < 1.29 is 4.79 Å². The molecule has 0 spiro atoms. The van der Waals surface area contributed by atoms with E-state index in [4.69, 9.17) is 0 Å². The molecule has 1 unspecified atom stereocenters. The SMILES string of the molecule is CCN(CC)C(=O)CC(C)c1ccc(Br)cc1. The van der Waals surface area contributed by atoms with Crippen LogP contribution in [0.2, 0.25) is 0 Å². The summed E-state index contributed by atoms with van der Waals surface area (Å²) in [6, 6.07) is 8.19. The van der Waals surface area contributed by atoms with Crippen molar-refractivity contribution in [1.82, 2.24) is 4.90 Å². The molecule has 17 heavy (non-hydrogen) atoms. The highest BCUT2D eigenvalue weighted by molar-refractivity contribution is 9.10. The molecule has 0 aliphatic rings. The van der Waals surface area contributed by atoms with Crippen LogP contribution in [0.15, 0.2) is 28.7 Å². The molecule has 0 aromatic heterocycles. The monoisotopic (exact) mass is 297 g/mol. The summed E-state index contributed by atoms with van der Waals surface area (Å²) in [7, 11) is 0. The van der Waals surface area contributed by atoms with Gasteiger partial charge in [0.15, 0.2) is 0 Å². The second kappa shape index (κ2) is 6.80. The number of amides is 1. The number of carbonyl (C=O) groups excluding carboxylic acids is 1. The Morgan fingerprint density at radius 1 is 1.24 bits per heavy atom. The quantitative estimate of drug-likeness (QED) is 0.809. The molecule has 1 aromatic rings. The molecule has 1 atom stereocenters. The zero-order chi connectivity index (χ0) is 12.8. The minimum absolute atomic E-state index is 0.241. The van der Waals surface area contributed by atoms with Crippen molar-refractivity contribution >= 4 is 21.8 Å². The maximum Gasteiger partial charge on any atom is 0.223 e. The number of carbonyl (C=O) groups is 1. The third-order valence-electron chi connectivity index (χ3n) is 3.04. The van der Waals surface area contributed by atoms with Crippen LogP contribution in [0, 0.1) is 0 Å². The first-order valence-electron chi connectivity index (χ1n) is 6.11. The Balaban J connectivity index is 2.62. The summed E-state index contributed by atoms with van der Waals surface area (Å²) in [5, 5.41) is 0. The molecule has 1 rings (SSSR count). The van der Waals surface area contributed by atoms with Gasteiger partial charge in [0.05, 0.1) is 0 Å². The first kappa shape index (κ1) is 14.2. The Kier molecular flexibility index (Phi) is 5.69. The first-order valence-corrected chi connectivity index (χ1v) is 6.91. The van der Waals surface area contributed by atoms with E-state index in [1.54, 1.807) is 0 Å². The Labute approximate surface area is 112 Å². The first-order chi connectivity index (χ1) is 8.08. The number of benzene rings is 1. The number of halogens is 1. The summed E-state index contributed by atoms with van der Waals surface area (Å²) in [5.74, 6) is 0.515. The van der Waals surface area contributed by atoms with E-state index in [1.165, 1.54) is 5.56 Å². The third-order valence-corrected chi connectivity index (χ3v) is 3.56. The molecular weight excluding hydrogens is 278 g/mol. The Morgan fingerprint density at radius 2 is 1.76 bits per heavy atom. The lowest BCUT2D eigenvalue weighted by molar-refractivity contribution is -0.131. The second-order valence-corrected chi connectivity index (χ2v) is 5.14. The van der Waals surface area contributed by atoms with Crippen molar-refractivity contribution in [2.45, 2.75) is 33.1 Å². The minimum Gasteiger partial charge on any atom is -0.343 e. The van der Waals surface area contributed by atoms with E-state index in [0.717, 1.165) is 17.6 Å². The fourth-order valence-corrected chi connectivity index (χ4v) is 2.14. The molecule has 0 saturated carbocycles. The van der Waals surface area contributed by atoms with Gasteiger partial charge in [-0.25, -0.2) is 0 Å². The van der Waals surface area contributed by atoms with Crippen molar-refractivity contribution in [3.63, 3.8) is 0 Å². The van der Waals surface area contributed by atoms with Crippen molar-refractivity contribution in [2.75, 3.05) is 13.1 Å². The highest BCUT2D eigenvalue weighted by atomic mass is 79.9. The summed E-state index contributed by atoms with van der Waals surface area (Å²) >= 11 is 3.42. The van der Waals surface area contributed by atoms with Crippen LogP contribution in [0.4, 0.5) is 0 Å². The predicted molar refractivity (Wildman–Crippen MR) is 75.1 cm³/mol. The van der Waals surface area contributed by atoms with E-state index >= 15 is 0 Å². The van der Waals surface area contributed by atoms with Crippen molar-refractivity contribution in [1.29, 1.82) is 0 Å². The standard InChI is InChI=1S/C14H20BrNO/c1-4-16(5-2)14(17)10-11(3)12-6-8-13(15)9-7-12/h6-9,11H,4-5,10H2,1-3H3. The second-order valence-electron chi connectivity index (χ2n) is 4.22. The van der Waals surface area contributed by atoms with Crippen LogP contribution in [0.3, 0.4) is 0 Å². The van der Waals surface area contributed by atoms with Gasteiger partial charge in [0.25, 0.3) is 0 Å². The summed E-state index contributed by atoms with van der Waals surface area (Å²) in [6.45, 7) is 7.73. The highest BCUT2D eigenvalue weighted by Gasteiger charge is 2.15. The van der Waals surface area contributed by atoms with Crippen LogP contribution in [-0.2, 0) is 4.79 Å². The zero-order valence-electron chi connectivity index (χ0n) is 10.7. The summed E-state index contributed by atoms with van der Waals surface area (Å²) in [4.78, 5) is 13.9. The van der Waals surface area contributed by atoms with Crippen LogP contribution in [-0.4, -0.2) is 23.9 Å². The van der Waals surface area contributed by atoms with Gasteiger partial charge in [-0.1, -0.05) is 35.0 Å². The topological polar surface area (TPSA) is 20.3 Å². The molecular formula is C14H20BrNO.